The molecule has 0 aliphatic rings. The number of hydrogen-bond donors (Lipinski definition) is 1. The molecular formula is C5H8ClN3O4S2. The molecule has 0 aliphatic carbocycles. The van der Waals surface area contributed by atoms with Crippen molar-refractivity contribution in [2.24, 2.45) is 0 Å². The molecule has 0 spiro atoms. The Labute approximate surface area is 91.2 Å². The van der Waals surface area contributed by atoms with E-state index in [-0.39, 0.29) is 5.82 Å². The van der Waals surface area contributed by atoms with Gasteiger partial charge in [0.1, 0.15) is 11.1 Å². The lowest BCUT2D eigenvalue weighted by atomic mass is 10.5. The van der Waals surface area contributed by atoms with E-state index in [9.17, 15) is 16.8 Å². The van der Waals surface area contributed by atoms with Crippen LogP contribution in [0.1, 0.15) is 18.0 Å². The summed E-state index contributed by atoms with van der Waals surface area (Å²) in [5.74, 6) is -0.0586. The minimum Gasteiger partial charge on any atom is -0.261 e. The first-order valence-corrected chi connectivity index (χ1v) is 7.94. The zero-order valence-electron chi connectivity index (χ0n) is 7.80. The highest BCUT2D eigenvalue weighted by Crippen LogP contribution is 2.18. The van der Waals surface area contributed by atoms with Gasteiger partial charge in [-0.3, -0.25) is 5.10 Å². The lowest BCUT2D eigenvalue weighted by Gasteiger charge is -2.03. The fourth-order valence-corrected chi connectivity index (χ4v) is 1.83. The maximum Gasteiger partial charge on any atom is 0.298 e. The molecule has 1 unspecified atom stereocenters. The maximum absolute atomic E-state index is 11.1. The molecule has 7 nitrogen and oxygen atoms in total. The molecule has 1 aromatic rings. The van der Waals surface area contributed by atoms with Gasteiger partial charge < -0.3 is 0 Å². The van der Waals surface area contributed by atoms with Crippen LogP contribution in [0, 0.1) is 0 Å². The first-order valence-electron chi connectivity index (χ1n) is 3.68. The molecule has 0 aromatic carbocycles. The summed E-state index contributed by atoms with van der Waals surface area (Å²) >= 11 is 0. The normalized spacial score (nSPS) is 15.1. The average molecular weight is 274 g/mol. The Morgan fingerprint density at radius 2 is 1.87 bits per heavy atom. The van der Waals surface area contributed by atoms with Crippen molar-refractivity contribution in [1.29, 1.82) is 0 Å². The number of rotatable bonds is 3. The van der Waals surface area contributed by atoms with Crippen molar-refractivity contribution in [2.75, 3.05) is 6.26 Å². The third-order valence-corrected chi connectivity index (χ3v) is 4.27. The van der Waals surface area contributed by atoms with Gasteiger partial charge in [-0.05, 0) is 6.92 Å². The molecule has 1 rings (SSSR count). The molecule has 0 amide bonds. The van der Waals surface area contributed by atoms with Crippen molar-refractivity contribution in [1.82, 2.24) is 15.2 Å². The summed E-state index contributed by atoms with van der Waals surface area (Å²) in [6.07, 6.45) is 1.01. The molecular weight excluding hydrogens is 266 g/mol. The molecule has 0 radical (unpaired) electrons. The van der Waals surface area contributed by atoms with E-state index in [0.717, 1.165) is 6.26 Å². The van der Waals surface area contributed by atoms with Crippen LogP contribution >= 0.6 is 10.7 Å². The van der Waals surface area contributed by atoms with Crippen LogP contribution in [0.2, 0.25) is 0 Å². The predicted molar refractivity (Wildman–Crippen MR) is 52.7 cm³/mol. The fourth-order valence-electron chi connectivity index (χ4n) is 0.752. The largest absolute Gasteiger partial charge is 0.298 e. The van der Waals surface area contributed by atoms with E-state index in [4.69, 9.17) is 10.7 Å². The van der Waals surface area contributed by atoms with E-state index in [2.05, 4.69) is 15.2 Å². The summed E-state index contributed by atoms with van der Waals surface area (Å²) in [4.78, 5) is 3.48. The smallest absolute Gasteiger partial charge is 0.261 e. The van der Waals surface area contributed by atoms with E-state index in [1.54, 1.807) is 0 Å². The highest BCUT2D eigenvalue weighted by Gasteiger charge is 2.24. The highest BCUT2D eigenvalue weighted by molar-refractivity contribution is 8.13. The monoisotopic (exact) mass is 273 g/mol. The first-order chi connectivity index (χ1) is 6.62. The van der Waals surface area contributed by atoms with Gasteiger partial charge in [0.25, 0.3) is 14.2 Å². The van der Waals surface area contributed by atoms with Crippen molar-refractivity contribution in [3.63, 3.8) is 0 Å². The zero-order valence-corrected chi connectivity index (χ0v) is 10.2. The van der Waals surface area contributed by atoms with Crippen LogP contribution in [-0.2, 0) is 18.9 Å². The molecule has 0 aliphatic heterocycles. The number of nitrogens with zero attached hydrogens (tertiary/aromatic N) is 2. The van der Waals surface area contributed by atoms with Crippen LogP contribution < -0.4 is 0 Å². The minimum atomic E-state index is -4.04. The number of halogens is 1. The van der Waals surface area contributed by atoms with Crippen molar-refractivity contribution < 1.29 is 16.8 Å². The second kappa shape index (κ2) is 3.72. The predicted octanol–water partition coefficient (Wildman–Crippen LogP) is -0.162. The van der Waals surface area contributed by atoms with Gasteiger partial charge in [-0.2, -0.15) is 4.98 Å². The Kier molecular flexibility index (Phi) is 3.08. The molecule has 1 aromatic heterocycles. The molecule has 1 heterocycles. The Bertz CT molecular complexity index is 561. The van der Waals surface area contributed by atoms with Gasteiger partial charge in [0, 0.05) is 16.9 Å². The van der Waals surface area contributed by atoms with Crippen molar-refractivity contribution in [3.05, 3.63) is 5.82 Å². The zero-order chi connectivity index (χ0) is 11.9. The van der Waals surface area contributed by atoms with Gasteiger partial charge in [0.15, 0.2) is 9.84 Å². The fraction of sp³-hybridized carbons (Fsp3) is 0.600. The summed E-state index contributed by atoms with van der Waals surface area (Å²) in [6, 6.07) is 0. The van der Waals surface area contributed by atoms with Crippen LogP contribution in [0.4, 0.5) is 0 Å². The first kappa shape index (κ1) is 12.4. The Morgan fingerprint density at radius 1 is 1.33 bits per heavy atom. The van der Waals surface area contributed by atoms with Crippen molar-refractivity contribution in [3.8, 4) is 0 Å². The molecule has 1 N–H and O–H groups in total. The second-order valence-electron chi connectivity index (χ2n) is 2.91. The molecule has 10 heteroatoms. The van der Waals surface area contributed by atoms with Gasteiger partial charge in [-0.25, -0.2) is 16.8 Å². The van der Waals surface area contributed by atoms with Crippen LogP contribution in [0.5, 0.6) is 0 Å². The lowest BCUT2D eigenvalue weighted by molar-refractivity contribution is 0.588. The number of aromatic amines is 1. The van der Waals surface area contributed by atoms with Crippen LogP contribution in [0.25, 0.3) is 0 Å². The van der Waals surface area contributed by atoms with Crippen LogP contribution in [0.15, 0.2) is 5.16 Å². The lowest BCUT2D eigenvalue weighted by Crippen LogP contribution is -2.09. The average Bonchev–Trinajstić information content (AvgIpc) is 2.47. The second-order valence-corrected chi connectivity index (χ2v) is 7.74. The Hall–Kier alpha value is -0.670. The van der Waals surface area contributed by atoms with Gasteiger partial charge in [-0.15, -0.1) is 5.10 Å². The molecule has 0 fully saturated rings. The van der Waals surface area contributed by atoms with E-state index in [1.807, 2.05) is 0 Å². The molecule has 0 saturated carbocycles. The Balaban J connectivity index is 3.17. The maximum atomic E-state index is 11.1. The van der Waals surface area contributed by atoms with E-state index >= 15 is 0 Å². The standard InChI is InChI=1S/C5H8ClN3O4S2/c1-3(14(2,10)11)4-7-5(9-8-4)15(6,12)13/h3H,1-2H3,(H,7,8,9). The Morgan fingerprint density at radius 3 is 2.20 bits per heavy atom. The molecule has 1 atom stereocenters. The molecule has 15 heavy (non-hydrogen) atoms. The summed E-state index contributed by atoms with van der Waals surface area (Å²) in [5.41, 5.74) is 0. The van der Waals surface area contributed by atoms with Crippen LogP contribution in [-0.4, -0.2) is 38.3 Å². The quantitative estimate of drug-likeness (QED) is 0.766. The third kappa shape index (κ3) is 2.89. The van der Waals surface area contributed by atoms with Gasteiger partial charge in [-0.1, -0.05) is 0 Å². The van der Waals surface area contributed by atoms with E-state index < -0.39 is 29.3 Å². The van der Waals surface area contributed by atoms with Crippen LogP contribution in [0.3, 0.4) is 0 Å². The third-order valence-electron chi connectivity index (χ3n) is 1.73. The van der Waals surface area contributed by atoms with Crippen molar-refractivity contribution >= 4 is 29.6 Å². The summed E-state index contributed by atoms with van der Waals surface area (Å²) in [6.45, 7) is 1.36. The number of nitrogens with one attached hydrogen (secondary N) is 1. The summed E-state index contributed by atoms with van der Waals surface area (Å²) in [7, 11) is -2.43. The number of H-pyrrole nitrogens is 1. The number of sulfone groups is 1. The summed E-state index contributed by atoms with van der Waals surface area (Å²) < 4.78 is 43.8. The van der Waals surface area contributed by atoms with Gasteiger partial charge >= 0.3 is 0 Å². The molecule has 0 saturated heterocycles. The van der Waals surface area contributed by atoms with Gasteiger partial charge in [0.2, 0.25) is 0 Å². The van der Waals surface area contributed by atoms with E-state index in [1.165, 1.54) is 6.92 Å². The topological polar surface area (TPSA) is 110 Å². The summed E-state index contributed by atoms with van der Waals surface area (Å²) in [5, 5.41) is 3.93. The van der Waals surface area contributed by atoms with E-state index in [0.29, 0.717) is 0 Å². The molecule has 0 bridgehead atoms. The molecule has 86 valence electrons. The highest BCUT2D eigenvalue weighted by atomic mass is 35.7. The number of hydrogen-bond acceptors (Lipinski definition) is 6. The van der Waals surface area contributed by atoms with Gasteiger partial charge in [0.05, 0.1) is 0 Å². The number of aromatic nitrogens is 3. The SMILES string of the molecule is CC(c1nc(S(=O)(=O)Cl)n[nH]1)S(C)(=O)=O. The minimum absolute atomic E-state index is 0.0586. The van der Waals surface area contributed by atoms with Crippen molar-refractivity contribution in [2.45, 2.75) is 17.3 Å².